The lowest BCUT2D eigenvalue weighted by molar-refractivity contribution is -0.137. The Balaban J connectivity index is 1.96. The van der Waals surface area contributed by atoms with Gasteiger partial charge in [0.25, 0.3) is 15.9 Å². The molecule has 0 bridgehead atoms. The van der Waals surface area contributed by atoms with Gasteiger partial charge in [0.2, 0.25) is 0 Å². The van der Waals surface area contributed by atoms with Crippen LogP contribution in [0.25, 0.3) is 0 Å². The average Bonchev–Trinajstić information content (AvgIpc) is 3.05. The zero-order chi connectivity index (χ0) is 26.5. The van der Waals surface area contributed by atoms with Crippen molar-refractivity contribution in [2.45, 2.75) is 30.5 Å². The van der Waals surface area contributed by atoms with Gasteiger partial charge in [-0.05, 0) is 55.8 Å². The Bertz CT molecular complexity index is 1510. The molecule has 0 saturated carbocycles. The van der Waals surface area contributed by atoms with Crippen LogP contribution < -0.4 is 4.90 Å². The van der Waals surface area contributed by atoms with Gasteiger partial charge in [0, 0.05) is 0 Å². The van der Waals surface area contributed by atoms with Gasteiger partial charge in [0.05, 0.1) is 27.8 Å². The van der Waals surface area contributed by atoms with Crippen LogP contribution in [-0.2, 0) is 26.5 Å². The van der Waals surface area contributed by atoms with Crippen molar-refractivity contribution >= 4 is 27.6 Å². The monoisotopic (exact) mass is 512 g/mol. The highest BCUT2D eigenvalue weighted by Crippen LogP contribution is 2.44. The second-order valence-corrected chi connectivity index (χ2v) is 9.99. The Morgan fingerprint density at radius 1 is 1.00 bits per heavy atom. The summed E-state index contributed by atoms with van der Waals surface area (Å²) in [4.78, 5) is 27.5. The number of carbonyl (C=O) groups is 2. The summed E-state index contributed by atoms with van der Waals surface area (Å²) in [5.74, 6) is -1.08. The van der Waals surface area contributed by atoms with Crippen LogP contribution in [0.4, 0.5) is 23.7 Å². The lowest BCUT2D eigenvalue weighted by atomic mass is 9.92. The SMILES string of the molecule is Cc1ccc(S(=O)(=O)N2C(=O)N(c3ccc(C#N)c(C(F)(F)F)c3)C(=O)C2(C)c2cc[c]cc2)cc1. The number of nitrogens with zero attached hydrogens (tertiary/aromatic N) is 3. The summed E-state index contributed by atoms with van der Waals surface area (Å²) in [7, 11) is -4.65. The van der Waals surface area contributed by atoms with Crippen molar-refractivity contribution in [3.63, 3.8) is 0 Å². The summed E-state index contributed by atoms with van der Waals surface area (Å²) < 4.78 is 68.5. The van der Waals surface area contributed by atoms with E-state index in [1.165, 1.54) is 61.5 Å². The minimum absolute atomic E-state index is 0.113. The number of imide groups is 1. The summed E-state index contributed by atoms with van der Waals surface area (Å²) >= 11 is 0. The van der Waals surface area contributed by atoms with Gasteiger partial charge in [-0.25, -0.2) is 18.1 Å². The van der Waals surface area contributed by atoms with E-state index < -0.39 is 50.5 Å². The van der Waals surface area contributed by atoms with Gasteiger partial charge in [0.1, 0.15) is 0 Å². The number of aryl methyl sites for hydroxylation is 1. The predicted octanol–water partition coefficient (Wildman–Crippen LogP) is 4.76. The zero-order valence-electron chi connectivity index (χ0n) is 18.9. The maximum absolute atomic E-state index is 13.7. The van der Waals surface area contributed by atoms with Crippen molar-refractivity contribution in [2.24, 2.45) is 0 Å². The normalized spacial score (nSPS) is 18.4. The summed E-state index contributed by atoms with van der Waals surface area (Å²) in [5, 5.41) is 9.08. The van der Waals surface area contributed by atoms with Crippen LogP contribution in [0.1, 0.15) is 29.2 Å². The van der Waals surface area contributed by atoms with E-state index in [2.05, 4.69) is 6.07 Å². The third kappa shape index (κ3) is 3.79. The second kappa shape index (κ2) is 8.49. The fourth-order valence-electron chi connectivity index (χ4n) is 4.02. The van der Waals surface area contributed by atoms with Crippen LogP contribution in [0.2, 0.25) is 0 Å². The number of alkyl halides is 3. The standard InChI is InChI=1S/C25H17F3N3O4S/c1-16-8-12-20(13-9-16)36(34,35)31-23(33)30(22(32)24(31,2)18-6-4-3-5-7-18)19-11-10-17(15-29)21(14-19)25(26,27)28/h4-14H,1-2H3. The first-order valence-corrected chi connectivity index (χ1v) is 11.9. The van der Waals surface area contributed by atoms with E-state index >= 15 is 0 Å². The first-order chi connectivity index (χ1) is 16.8. The number of urea groups is 1. The van der Waals surface area contributed by atoms with Gasteiger partial charge < -0.3 is 0 Å². The number of rotatable bonds is 4. The molecule has 1 atom stereocenters. The third-order valence-electron chi connectivity index (χ3n) is 5.92. The van der Waals surface area contributed by atoms with E-state index in [1.807, 2.05) is 0 Å². The molecule has 0 aliphatic carbocycles. The highest BCUT2D eigenvalue weighted by atomic mass is 32.2. The Hall–Kier alpha value is -4.17. The molecule has 11 heteroatoms. The van der Waals surface area contributed by atoms with Gasteiger partial charge in [-0.1, -0.05) is 42.0 Å². The number of hydrogen-bond donors (Lipinski definition) is 0. The predicted molar refractivity (Wildman–Crippen MR) is 122 cm³/mol. The number of nitriles is 1. The highest BCUT2D eigenvalue weighted by Gasteiger charge is 2.61. The van der Waals surface area contributed by atoms with E-state index in [4.69, 9.17) is 5.26 Å². The molecule has 1 heterocycles. The molecular weight excluding hydrogens is 495 g/mol. The molecule has 0 aromatic heterocycles. The largest absolute Gasteiger partial charge is 0.417 e. The van der Waals surface area contributed by atoms with Crippen LogP contribution in [0, 0.1) is 24.3 Å². The summed E-state index contributed by atoms with van der Waals surface area (Å²) in [5.41, 5.74) is -3.86. The van der Waals surface area contributed by atoms with Crippen LogP contribution in [-0.4, -0.2) is 24.7 Å². The van der Waals surface area contributed by atoms with Crippen molar-refractivity contribution in [3.05, 3.63) is 95.1 Å². The van der Waals surface area contributed by atoms with Crippen molar-refractivity contribution in [1.29, 1.82) is 5.26 Å². The molecule has 0 spiro atoms. The smallest absolute Gasteiger partial charge is 0.271 e. The average molecular weight is 512 g/mol. The molecule has 0 N–H and O–H groups in total. The molecule has 1 unspecified atom stereocenters. The van der Waals surface area contributed by atoms with Crippen molar-refractivity contribution in [2.75, 3.05) is 4.90 Å². The minimum Gasteiger partial charge on any atom is -0.271 e. The van der Waals surface area contributed by atoms with E-state index in [0.29, 0.717) is 15.3 Å². The summed E-state index contributed by atoms with van der Waals surface area (Å²) in [6.07, 6.45) is -4.96. The maximum atomic E-state index is 13.7. The fraction of sp³-hybridized carbons (Fsp3) is 0.160. The van der Waals surface area contributed by atoms with Gasteiger partial charge in [0.15, 0.2) is 5.54 Å². The Kier molecular flexibility index (Phi) is 5.88. The summed E-state index contributed by atoms with van der Waals surface area (Å²) in [6.45, 7) is 2.94. The molecule has 1 aliphatic heterocycles. The Morgan fingerprint density at radius 2 is 1.61 bits per heavy atom. The van der Waals surface area contributed by atoms with Gasteiger partial charge in [-0.3, -0.25) is 4.79 Å². The van der Waals surface area contributed by atoms with E-state index in [9.17, 15) is 31.2 Å². The molecule has 3 amide bonds. The number of benzene rings is 3. The van der Waals surface area contributed by atoms with E-state index in [1.54, 1.807) is 6.92 Å². The molecular formula is C25H17F3N3O4S. The number of carbonyl (C=O) groups excluding carboxylic acids is 2. The van der Waals surface area contributed by atoms with Crippen LogP contribution in [0.3, 0.4) is 0 Å². The van der Waals surface area contributed by atoms with Gasteiger partial charge >= 0.3 is 12.2 Å². The topological polar surface area (TPSA) is 98.6 Å². The Morgan fingerprint density at radius 3 is 2.17 bits per heavy atom. The second-order valence-electron chi connectivity index (χ2n) is 8.21. The molecule has 183 valence electrons. The van der Waals surface area contributed by atoms with Gasteiger partial charge in [-0.15, -0.1) is 0 Å². The third-order valence-corrected chi connectivity index (χ3v) is 7.79. The number of halogens is 3. The van der Waals surface area contributed by atoms with Crippen molar-refractivity contribution < 1.29 is 31.2 Å². The molecule has 36 heavy (non-hydrogen) atoms. The maximum Gasteiger partial charge on any atom is 0.417 e. The quantitative estimate of drug-likeness (QED) is 0.470. The first kappa shape index (κ1) is 24.9. The minimum atomic E-state index is -4.96. The van der Waals surface area contributed by atoms with E-state index in [0.717, 1.165) is 17.7 Å². The zero-order valence-corrected chi connectivity index (χ0v) is 19.7. The fourth-order valence-corrected chi connectivity index (χ4v) is 5.66. The van der Waals surface area contributed by atoms with Gasteiger partial charge in [-0.2, -0.15) is 22.7 Å². The molecule has 1 aliphatic rings. The van der Waals surface area contributed by atoms with Crippen LogP contribution >= 0.6 is 0 Å². The first-order valence-electron chi connectivity index (χ1n) is 10.4. The van der Waals surface area contributed by atoms with Crippen LogP contribution in [0.15, 0.2) is 71.6 Å². The highest BCUT2D eigenvalue weighted by molar-refractivity contribution is 7.89. The summed E-state index contributed by atoms with van der Waals surface area (Å²) in [6, 6.07) is 16.3. The lowest BCUT2D eigenvalue weighted by Gasteiger charge is -2.31. The number of amides is 3. The molecule has 3 aromatic rings. The molecule has 1 radical (unpaired) electrons. The van der Waals surface area contributed by atoms with Crippen molar-refractivity contribution in [1.82, 2.24) is 4.31 Å². The van der Waals surface area contributed by atoms with Crippen molar-refractivity contribution in [3.8, 4) is 6.07 Å². The molecule has 1 saturated heterocycles. The molecule has 4 rings (SSSR count). The van der Waals surface area contributed by atoms with E-state index in [-0.39, 0.29) is 10.5 Å². The number of hydrogen-bond acceptors (Lipinski definition) is 5. The lowest BCUT2D eigenvalue weighted by Crippen LogP contribution is -2.47. The van der Waals surface area contributed by atoms with Crippen LogP contribution in [0.5, 0.6) is 0 Å². The number of sulfonamides is 1. The molecule has 7 nitrogen and oxygen atoms in total. The molecule has 1 fully saturated rings. The molecule has 3 aromatic carbocycles. The number of anilines is 1. The Labute approximate surface area is 205 Å².